The predicted molar refractivity (Wildman–Crippen MR) is 142 cm³/mol. The van der Waals surface area contributed by atoms with Crippen LogP contribution in [-0.2, 0) is 16.8 Å². The Morgan fingerprint density at radius 3 is 2.57 bits per heavy atom. The summed E-state index contributed by atoms with van der Waals surface area (Å²) in [5, 5.41) is 12.6. The molecule has 1 atom stereocenters. The van der Waals surface area contributed by atoms with E-state index in [0.29, 0.717) is 34.0 Å². The van der Waals surface area contributed by atoms with E-state index in [9.17, 15) is 4.79 Å². The maximum Gasteiger partial charge on any atom is 0.234 e. The normalized spacial score (nSPS) is 12.2. The Kier molecular flexibility index (Phi) is 8.86. The highest BCUT2D eigenvalue weighted by Crippen LogP contribution is 2.30. The summed E-state index contributed by atoms with van der Waals surface area (Å²) in [5.74, 6) is 1.86. The van der Waals surface area contributed by atoms with Gasteiger partial charge in [0.1, 0.15) is 11.5 Å². The molecule has 1 unspecified atom stereocenters. The first-order valence-electron chi connectivity index (χ1n) is 11.2. The van der Waals surface area contributed by atoms with Crippen LogP contribution in [0.5, 0.6) is 11.5 Å². The molecule has 1 N–H and O–H groups in total. The molecule has 0 radical (unpaired) electrons. The highest BCUT2D eigenvalue weighted by molar-refractivity contribution is 7.99. The summed E-state index contributed by atoms with van der Waals surface area (Å²) in [4.78, 5) is 12.6. The minimum absolute atomic E-state index is 0.0740. The van der Waals surface area contributed by atoms with Gasteiger partial charge >= 0.3 is 0 Å². The molecule has 7 nitrogen and oxygen atoms in total. The summed E-state index contributed by atoms with van der Waals surface area (Å²) in [6.07, 6.45) is 1.42. The third-order valence-corrected chi connectivity index (χ3v) is 6.42. The number of halogens is 1. The Labute approximate surface area is 215 Å². The van der Waals surface area contributed by atoms with Gasteiger partial charge in [-0.05, 0) is 48.2 Å². The van der Waals surface area contributed by atoms with Crippen molar-refractivity contribution >= 4 is 35.0 Å². The summed E-state index contributed by atoms with van der Waals surface area (Å²) in [6, 6.07) is 13.1. The van der Waals surface area contributed by atoms with E-state index in [1.54, 1.807) is 24.3 Å². The van der Waals surface area contributed by atoms with Crippen molar-refractivity contribution in [3.8, 4) is 11.5 Å². The lowest BCUT2D eigenvalue weighted by atomic mass is 9.87. The van der Waals surface area contributed by atoms with Crippen LogP contribution in [0.25, 0.3) is 0 Å². The van der Waals surface area contributed by atoms with Crippen LogP contribution < -0.4 is 14.8 Å². The third kappa shape index (κ3) is 7.02. The standard InChI is InChI=1S/C26H31ClN4O3S/c1-7-14-31-24(17(2)34-20-11-8-18(9-12-20)26(3,4)5)29-30-25(31)35-16-23(32)28-21-15-19(27)10-13-22(21)33-6/h7-13,15,17H,1,14,16H2,2-6H3,(H,28,32). The van der Waals surface area contributed by atoms with Crippen molar-refractivity contribution in [2.45, 2.75) is 50.9 Å². The van der Waals surface area contributed by atoms with Gasteiger partial charge in [-0.3, -0.25) is 9.36 Å². The number of nitrogens with one attached hydrogen (secondary N) is 1. The number of methoxy groups -OCH3 is 1. The first kappa shape index (κ1) is 26.6. The number of carbonyl (C=O) groups is 1. The highest BCUT2D eigenvalue weighted by atomic mass is 35.5. The van der Waals surface area contributed by atoms with Crippen molar-refractivity contribution in [1.82, 2.24) is 14.8 Å². The van der Waals surface area contributed by atoms with Gasteiger partial charge in [-0.2, -0.15) is 0 Å². The highest BCUT2D eigenvalue weighted by Gasteiger charge is 2.21. The first-order valence-corrected chi connectivity index (χ1v) is 12.6. The van der Waals surface area contributed by atoms with E-state index in [-0.39, 0.29) is 23.2 Å². The van der Waals surface area contributed by atoms with Gasteiger partial charge in [0.25, 0.3) is 0 Å². The molecular formula is C26H31ClN4O3S. The molecule has 0 aliphatic heterocycles. The molecule has 3 rings (SSSR count). The molecule has 0 fully saturated rings. The lowest BCUT2D eigenvalue weighted by molar-refractivity contribution is -0.113. The van der Waals surface area contributed by atoms with Crippen molar-refractivity contribution in [3.05, 3.63) is 71.5 Å². The lowest BCUT2D eigenvalue weighted by Crippen LogP contribution is -2.16. The summed E-state index contributed by atoms with van der Waals surface area (Å²) in [7, 11) is 1.54. The molecule has 0 spiro atoms. The molecular weight excluding hydrogens is 484 g/mol. The molecule has 1 heterocycles. The average molecular weight is 515 g/mol. The first-order chi connectivity index (χ1) is 16.6. The molecule has 0 aliphatic carbocycles. The number of hydrogen-bond donors (Lipinski definition) is 1. The number of rotatable bonds is 10. The van der Waals surface area contributed by atoms with Crippen LogP contribution >= 0.6 is 23.4 Å². The average Bonchev–Trinajstić information content (AvgIpc) is 3.20. The van der Waals surface area contributed by atoms with Gasteiger partial charge in [-0.25, -0.2) is 0 Å². The van der Waals surface area contributed by atoms with Gasteiger partial charge in [-0.15, -0.1) is 16.8 Å². The van der Waals surface area contributed by atoms with Gasteiger partial charge in [0.05, 0.1) is 18.6 Å². The fraction of sp³-hybridized carbons (Fsp3) is 0.346. The molecule has 3 aromatic rings. The van der Waals surface area contributed by atoms with Crippen molar-refractivity contribution in [1.29, 1.82) is 0 Å². The molecule has 9 heteroatoms. The largest absolute Gasteiger partial charge is 0.495 e. The number of aromatic nitrogens is 3. The summed E-state index contributed by atoms with van der Waals surface area (Å²) < 4.78 is 13.3. The molecule has 0 saturated carbocycles. The van der Waals surface area contributed by atoms with E-state index in [1.165, 1.54) is 24.4 Å². The number of allylic oxidation sites excluding steroid dienone is 1. The molecule has 2 aromatic carbocycles. The molecule has 1 amide bonds. The topological polar surface area (TPSA) is 78.3 Å². The zero-order valence-corrected chi connectivity index (χ0v) is 22.2. The fourth-order valence-electron chi connectivity index (χ4n) is 3.39. The number of hydrogen-bond acceptors (Lipinski definition) is 6. The van der Waals surface area contributed by atoms with E-state index in [0.717, 1.165) is 5.75 Å². The number of ether oxygens (including phenoxy) is 2. The van der Waals surface area contributed by atoms with E-state index in [1.807, 2.05) is 23.6 Å². The molecule has 0 aliphatic rings. The monoisotopic (exact) mass is 514 g/mol. The molecule has 0 saturated heterocycles. The number of nitrogens with zero attached hydrogens (tertiary/aromatic N) is 3. The predicted octanol–water partition coefficient (Wildman–Crippen LogP) is 6.29. The second-order valence-corrected chi connectivity index (χ2v) is 10.3. The smallest absolute Gasteiger partial charge is 0.234 e. The van der Waals surface area contributed by atoms with E-state index < -0.39 is 0 Å². The number of thioether (sulfide) groups is 1. The number of carbonyl (C=O) groups excluding carboxylic acids is 1. The Morgan fingerprint density at radius 1 is 1.23 bits per heavy atom. The Bertz CT molecular complexity index is 1170. The van der Waals surface area contributed by atoms with E-state index >= 15 is 0 Å². The third-order valence-electron chi connectivity index (χ3n) is 5.22. The lowest BCUT2D eigenvalue weighted by Gasteiger charge is -2.20. The van der Waals surface area contributed by atoms with Gasteiger partial charge in [0, 0.05) is 11.6 Å². The van der Waals surface area contributed by atoms with Crippen LogP contribution in [0.1, 0.15) is 45.2 Å². The van der Waals surface area contributed by atoms with Crippen LogP contribution in [0, 0.1) is 0 Å². The van der Waals surface area contributed by atoms with Crippen LogP contribution in [0.3, 0.4) is 0 Å². The van der Waals surface area contributed by atoms with Crippen LogP contribution in [0.15, 0.2) is 60.3 Å². The zero-order valence-electron chi connectivity index (χ0n) is 20.7. The van der Waals surface area contributed by atoms with Crippen molar-refractivity contribution < 1.29 is 14.3 Å². The summed E-state index contributed by atoms with van der Waals surface area (Å²) in [5.41, 5.74) is 1.82. The van der Waals surface area contributed by atoms with E-state index in [4.69, 9.17) is 21.1 Å². The van der Waals surface area contributed by atoms with E-state index in [2.05, 4.69) is 55.0 Å². The maximum atomic E-state index is 12.6. The molecule has 1 aromatic heterocycles. The Hall–Kier alpha value is -2.97. The second kappa shape index (κ2) is 11.6. The van der Waals surface area contributed by atoms with Crippen LogP contribution in [0.4, 0.5) is 5.69 Å². The quantitative estimate of drug-likeness (QED) is 0.253. The van der Waals surface area contributed by atoms with Crippen molar-refractivity contribution in [2.24, 2.45) is 0 Å². The molecule has 0 bridgehead atoms. The van der Waals surface area contributed by atoms with Crippen LogP contribution in [0.2, 0.25) is 5.02 Å². The maximum absolute atomic E-state index is 12.6. The molecule has 35 heavy (non-hydrogen) atoms. The number of benzene rings is 2. The van der Waals surface area contributed by atoms with Gasteiger partial charge in [-0.1, -0.05) is 62.3 Å². The van der Waals surface area contributed by atoms with Crippen molar-refractivity contribution in [2.75, 3.05) is 18.2 Å². The van der Waals surface area contributed by atoms with Gasteiger partial charge in [0.15, 0.2) is 17.1 Å². The number of amides is 1. The van der Waals surface area contributed by atoms with Gasteiger partial charge < -0.3 is 14.8 Å². The minimum Gasteiger partial charge on any atom is -0.495 e. The molecule has 186 valence electrons. The van der Waals surface area contributed by atoms with Crippen LogP contribution in [-0.4, -0.2) is 33.5 Å². The SMILES string of the molecule is C=CCn1c(SCC(=O)Nc2cc(Cl)ccc2OC)nnc1C(C)Oc1ccc(C(C)(C)C)cc1. The number of anilines is 1. The summed E-state index contributed by atoms with van der Waals surface area (Å²) >= 11 is 7.33. The fourth-order valence-corrected chi connectivity index (χ4v) is 4.32. The Balaban J connectivity index is 1.68. The van der Waals surface area contributed by atoms with Gasteiger partial charge in [0.2, 0.25) is 5.91 Å². The second-order valence-electron chi connectivity index (χ2n) is 8.96. The van der Waals surface area contributed by atoms with Crippen molar-refractivity contribution in [3.63, 3.8) is 0 Å². The zero-order chi connectivity index (χ0) is 25.6. The Morgan fingerprint density at radius 2 is 1.94 bits per heavy atom. The summed E-state index contributed by atoms with van der Waals surface area (Å²) in [6.45, 7) is 12.8. The minimum atomic E-state index is -0.346.